The lowest BCUT2D eigenvalue weighted by molar-refractivity contribution is -0.119. The maximum absolute atomic E-state index is 11.4. The van der Waals surface area contributed by atoms with Crippen LogP contribution < -0.4 is 10.9 Å². The lowest BCUT2D eigenvalue weighted by atomic mass is 9.97. The molecule has 1 aromatic carbocycles. The minimum Gasteiger partial charge on any atom is -0.291 e. The number of pyridine rings is 2. The molecule has 5 heteroatoms. The summed E-state index contributed by atoms with van der Waals surface area (Å²) >= 11 is 0. The molecule has 108 valence electrons. The van der Waals surface area contributed by atoms with E-state index in [1.54, 1.807) is 12.4 Å². The summed E-state index contributed by atoms with van der Waals surface area (Å²) < 4.78 is 0. The molecule has 1 fully saturated rings. The number of amides is 1. The van der Waals surface area contributed by atoms with Crippen molar-refractivity contribution in [2.45, 2.75) is 12.5 Å². The number of benzene rings is 1. The highest BCUT2D eigenvalue weighted by molar-refractivity contribution is 5.94. The van der Waals surface area contributed by atoms with Crippen molar-refractivity contribution in [1.29, 1.82) is 0 Å². The highest BCUT2D eigenvalue weighted by atomic mass is 16.2. The molecule has 1 saturated heterocycles. The first-order valence-electron chi connectivity index (χ1n) is 7.15. The smallest absolute Gasteiger partial charge is 0.236 e. The quantitative estimate of drug-likeness (QED) is 0.760. The standard InChI is InChI=1S/C17H14N4O/c22-17-10-16(20-21-17)12-1-2-15-14(9-12)13(5-8-19-15)11-3-6-18-7-4-11/h1-9,16,20H,10H2,(H,21,22). The van der Waals surface area contributed by atoms with Crippen LogP contribution >= 0.6 is 0 Å². The molecular weight excluding hydrogens is 276 g/mol. The van der Waals surface area contributed by atoms with Crippen molar-refractivity contribution in [3.8, 4) is 11.1 Å². The molecule has 1 amide bonds. The maximum atomic E-state index is 11.4. The molecule has 4 rings (SSSR count). The van der Waals surface area contributed by atoms with E-state index in [1.807, 2.05) is 36.5 Å². The molecule has 3 heterocycles. The summed E-state index contributed by atoms with van der Waals surface area (Å²) in [6, 6.07) is 12.1. The Hall–Kier alpha value is -2.79. The molecule has 0 spiro atoms. The number of hydrogen-bond donors (Lipinski definition) is 2. The fourth-order valence-electron chi connectivity index (χ4n) is 2.82. The summed E-state index contributed by atoms with van der Waals surface area (Å²) in [7, 11) is 0. The van der Waals surface area contributed by atoms with Crippen molar-refractivity contribution < 1.29 is 4.79 Å². The number of nitrogens with one attached hydrogen (secondary N) is 2. The molecule has 0 aliphatic carbocycles. The highest BCUT2D eigenvalue weighted by Gasteiger charge is 2.22. The molecule has 3 aromatic rings. The molecule has 1 aliphatic rings. The van der Waals surface area contributed by atoms with Gasteiger partial charge in [0.2, 0.25) is 5.91 Å². The summed E-state index contributed by atoms with van der Waals surface area (Å²) in [4.78, 5) is 19.9. The van der Waals surface area contributed by atoms with Crippen LogP contribution in [0, 0.1) is 0 Å². The average molecular weight is 290 g/mol. The van der Waals surface area contributed by atoms with E-state index in [1.165, 1.54) is 0 Å². The Kier molecular flexibility index (Phi) is 3.05. The van der Waals surface area contributed by atoms with Crippen LogP contribution in [0.15, 0.2) is 55.0 Å². The molecular formula is C17H14N4O. The van der Waals surface area contributed by atoms with Crippen molar-refractivity contribution in [3.05, 3.63) is 60.6 Å². The Morgan fingerprint density at radius 1 is 1.05 bits per heavy atom. The average Bonchev–Trinajstić information content (AvgIpc) is 3.01. The van der Waals surface area contributed by atoms with E-state index in [-0.39, 0.29) is 11.9 Å². The van der Waals surface area contributed by atoms with Gasteiger partial charge in [-0.1, -0.05) is 6.07 Å². The number of carbonyl (C=O) groups is 1. The Morgan fingerprint density at radius 2 is 1.91 bits per heavy atom. The van der Waals surface area contributed by atoms with Crippen molar-refractivity contribution in [3.63, 3.8) is 0 Å². The fraction of sp³-hybridized carbons (Fsp3) is 0.118. The van der Waals surface area contributed by atoms with Crippen LogP contribution in [-0.2, 0) is 4.79 Å². The third kappa shape index (κ3) is 2.21. The Bertz CT molecular complexity index is 848. The largest absolute Gasteiger partial charge is 0.291 e. The minimum atomic E-state index is 0.00222. The zero-order valence-electron chi connectivity index (χ0n) is 11.8. The second kappa shape index (κ2) is 5.20. The van der Waals surface area contributed by atoms with Crippen molar-refractivity contribution >= 4 is 16.8 Å². The van der Waals surface area contributed by atoms with Gasteiger partial charge in [0, 0.05) is 30.4 Å². The zero-order valence-corrected chi connectivity index (χ0v) is 11.8. The van der Waals surface area contributed by atoms with E-state index in [2.05, 4.69) is 26.9 Å². The normalized spacial score (nSPS) is 17.6. The van der Waals surface area contributed by atoms with Crippen LogP contribution in [0.1, 0.15) is 18.0 Å². The van der Waals surface area contributed by atoms with Gasteiger partial charge in [0.1, 0.15) is 0 Å². The van der Waals surface area contributed by atoms with Crippen LogP contribution in [-0.4, -0.2) is 15.9 Å². The van der Waals surface area contributed by atoms with Gasteiger partial charge in [-0.05, 0) is 47.0 Å². The summed E-state index contributed by atoms with van der Waals surface area (Å²) in [5, 5.41) is 1.08. The van der Waals surface area contributed by atoms with Crippen molar-refractivity contribution in [1.82, 2.24) is 20.8 Å². The van der Waals surface area contributed by atoms with E-state index in [9.17, 15) is 4.79 Å². The predicted molar refractivity (Wildman–Crippen MR) is 83.6 cm³/mol. The van der Waals surface area contributed by atoms with E-state index in [4.69, 9.17) is 0 Å². The maximum Gasteiger partial charge on any atom is 0.236 e. The first kappa shape index (κ1) is 12.9. The topological polar surface area (TPSA) is 66.9 Å². The molecule has 1 unspecified atom stereocenters. The molecule has 22 heavy (non-hydrogen) atoms. The van der Waals surface area contributed by atoms with Crippen LogP contribution in [0.2, 0.25) is 0 Å². The second-order valence-electron chi connectivity index (χ2n) is 5.32. The Labute approximate surface area is 127 Å². The van der Waals surface area contributed by atoms with E-state index < -0.39 is 0 Å². The summed E-state index contributed by atoms with van der Waals surface area (Å²) in [5.74, 6) is 0.0191. The molecule has 1 atom stereocenters. The summed E-state index contributed by atoms with van der Waals surface area (Å²) in [5.41, 5.74) is 9.91. The highest BCUT2D eigenvalue weighted by Crippen LogP contribution is 2.30. The SMILES string of the molecule is O=C1CC(c2ccc3nccc(-c4ccncc4)c3c2)NN1. The number of nitrogens with zero attached hydrogens (tertiary/aromatic N) is 2. The Morgan fingerprint density at radius 3 is 2.68 bits per heavy atom. The molecule has 1 aliphatic heterocycles. The number of carbonyl (C=O) groups excluding carboxylic acids is 1. The van der Waals surface area contributed by atoms with Gasteiger partial charge in [-0.15, -0.1) is 0 Å². The second-order valence-corrected chi connectivity index (χ2v) is 5.32. The third-order valence-electron chi connectivity index (χ3n) is 3.93. The van der Waals surface area contributed by atoms with Gasteiger partial charge < -0.3 is 0 Å². The zero-order chi connectivity index (χ0) is 14.9. The van der Waals surface area contributed by atoms with Crippen LogP contribution in [0.4, 0.5) is 0 Å². The van der Waals surface area contributed by atoms with Gasteiger partial charge >= 0.3 is 0 Å². The molecule has 2 N–H and O–H groups in total. The fourth-order valence-corrected chi connectivity index (χ4v) is 2.82. The predicted octanol–water partition coefficient (Wildman–Crippen LogP) is 2.36. The number of hydrazine groups is 1. The third-order valence-corrected chi connectivity index (χ3v) is 3.93. The van der Waals surface area contributed by atoms with Crippen molar-refractivity contribution in [2.24, 2.45) is 0 Å². The van der Waals surface area contributed by atoms with E-state index >= 15 is 0 Å². The van der Waals surface area contributed by atoms with Gasteiger partial charge in [-0.3, -0.25) is 20.2 Å². The van der Waals surface area contributed by atoms with Crippen LogP contribution in [0.3, 0.4) is 0 Å². The number of aromatic nitrogens is 2. The monoisotopic (exact) mass is 290 g/mol. The van der Waals surface area contributed by atoms with E-state index in [0.717, 1.165) is 27.6 Å². The molecule has 0 saturated carbocycles. The first-order valence-corrected chi connectivity index (χ1v) is 7.15. The molecule has 0 radical (unpaired) electrons. The molecule has 2 aromatic heterocycles. The summed E-state index contributed by atoms with van der Waals surface area (Å²) in [6.45, 7) is 0. The summed E-state index contributed by atoms with van der Waals surface area (Å²) in [6.07, 6.45) is 5.84. The lowest BCUT2D eigenvalue weighted by Crippen LogP contribution is -2.27. The number of fused-ring (bicyclic) bond motifs is 1. The number of hydrogen-bond acceptors (Lipinski definition) is 4. The van der Waals surface area contributed by atoms with Gasteiger partial charge in [-0.25, -0.2) is 5.43 Å². The lowest BCUT2D eigenvalue weighted by Gasteiger charge is -2.12. The van der Waals surface area contributed by atoms with Crippen LogP contribution in [0.25, 0.3) is 22.0 Å². The van der Waals surface area contributed by atoms with Gasteiger partial charge in [-0.2, -0.15) is 0 Å². The van der Waals surface area contributed by atoms with Gasteiger partial charge in [0.05, 0.1) is 11.6 Å². The van der Waals surface area contributed by atoms with E-state index in [0.29, 0.717) is 6.42 Å². The molecule has 0 bridgehead atoms. The van der Waals surface area contributed by atoms with Gasteiger partial charge in [0.25, 0.3) is 0 Å². The van der Waals surface area contributed by atoms with Gasteiger partial charge in [0.15, 0.2) is 0 Å². The number of rotatable bonds is 2. The first-order chi connectivity index (χ1) is 10.8. The van der Waals surface area contributed by atoms with Crippen LogP contribution in [0.5, 0.6) is 0 Å². The minimum absolute atomic E-state index is 0.00222. The van der Waals surface area contributed by atoms with Crippen molar-refractivity contribution in [2.75, 3.05) is 0 Å². The molecule has 5 nitrogen and oxygen atoms in total. The Balaban J connectivity index is 1.86.